The zero-order chi connectivity index (χ0) is 14.5. The number of hydrogen-bond donors (Lipinski definition) is 2. The predicted octanol–water partition coefficient (Wildman–Crippen LogP) is 3.07. The molecule has 0 atom stereocenters. The minimum atomic E-state index is -0.833. The molecular weight excluding hydrogens is 228 g/mol. The number of carboxylic acids is 1. The Morgan fingerprint density at radius 2 is 1.78 bits per heavy atom. The van der Waals surface area contributed by atoms with Crippen LogP contribution in [0.4, 0.5) is 0 Å². The molecule has 0 bridgehead atoms. The number of carboxylic acid groups (broad SMARTS) is 1. The molecule has 0 saturated carbocycles. The van der Waals surface area contributed by atoms with Crippen molar-refractivity contribution in [3.05, 3.63) is 28.8 Å². The van der Waals surface area contributed by atoms with Crippen molar-refractivity contribution in [3.63, 3.8) is 0 Å². The number of terminal acetylenes is 1. The zero-order valence-electron chi connectivity index (χ0n) is 11.5. The molecule has 3 heteroatoms. The molecule has 0 spiro atoms. The first kappa shape index (κ1) is 16.1. The highest BCUT2D eigenvalue weighted by Gasteiger charge is 2.19. The summed E-state index contributed by atoms with van der Waals surface area (Å²) in [5, 5.41) is 17.3. The van der Waals surface area contributed by atoms with Crippen molar-refractivity contribution in [1.29, 1.82) is 0 Å². The Morgan fingerprint density at radius 3 is 2.11 bits per heavy atom. The smallest absolute Gasteiger partial charge is 0.300 e. The number of aliphatic carboxylic acids is 1. The second-order valence-corrected chi connectivity index (χ2v) is 5.12. The summed E-state index contributed by atoms with van der Waals surface area (Å²) in [6.07, 6.45) is 5.32. The number of hydrogen-bond acceptors (Lipinski definition) is 2. The van der Waals surface area contributed by atoms with Gasteiger partial charge in [0.05, 0.1) is 5.56 Å². The SMILES string of the molecule is C#Cc1cc(C)cc(C(C)(C)C)c1O.CC(=O)O. The Hall–Kier alpha value is -1.95. The van der Waals surface area contributed by atoms with Crippen LogP contribution in [0.25, 0.3) is 0 Å². The van der Waals surface area contributed by atoms with Crippen LogP contribution in [-0.4, -0.2) is 16.2 Å². The molecule has 3 nitrogen and oxygen atoms in total. The van der Waals surface area contributed by atoms with Gasteiger partial charge in [-0.1, -0.05) is 32.8 Å². The van der Waals surface area contributed by atoms with E-state index in [4.69, 9.17) is 16.3 Å². The van der Waals surface area contributed by atoms with Crippen molar-refractivity contribution in [2.45, 2.75) is 40.0 Å². The van der Waals surface area contributed by atoms with Gasteiger partial charge >= 0.3 is 0 Å². The third-order valence-electron chi connectivity index (χ3n) is 2.22. The van der Waals surface area contributed by atoms with Gasteiger partial charge < -0.3 is 10.2 Å². The lowest BCUT2D eigenvalue weighted by Gasteiger charge is -2.21. The van der Waals surface area contributed by atoms with Gasteiger partial charge in [-0.3, -0.25) is 4.79 Å². The van der Waals surface area contributed by atoms with Gasteiger partial charge in [-0.15, -0.1) is 6.42 Å². The predicted molar refractivity (Wildman–Crippen MR) is 72.8 cm³/mol. The number of benzene rings is 1. The quantitative estimate of drug-likeness (QED) is 0.694. The second-order valence-electron chi connectivity index (χ2n) is 5.12. The largest absolute Gasteiger partial charge is 0.506 e. The molecule has 0 amide bonds. The van der Waals surface area contributed by atoms with E-state index in [1.165, 1.54) is 0 Å². The molecule has 0 heterocycles. The zero-order valence-corrected chi connectivity index (χ0v) is 11.5. The number of aryl methyl sites for hydroxylation is 1. The first-order valence-electron chi connectivity index (χ1n) is 5.59. The first-order chi connectivity index (χ1) is 8.09. The van der Waals surface area contributed by atoms with Gasteiger partial charge in [0.15, 0.2) is 0 Å². The minimum Gasteiger partial charge on any atom is -0.506 e. The van der Waals surface area contributed by atoms with Crippen LogP contribution in [0.1, 0.15) is 44.4 Å². The average Bonchev–Trinajstić information content (AvgIpc) is 2.18. The molecule has 1 aromatic rings. The van der Waals surface area contributed by atoms with Gasteiger partial charge in [0.1, 0.15) is 5.75 Å². The molecule has 0 fully saturated rings. The number of phenolic OH excluding ortho intramolecular Hbond substituents is 1. The van der Waals surface area contributed by atoms with E-state index in [1.54, 1.807) is 0 Å². The van der Waals surface area contributed by atoms with E-state index in [9.17, 15) is 5.11 Å². The van der Waals surface area contributed by atoms with Crippen molar-refractivity contribution >= 4 is 5.97 Å². The summed E-state index contributed by atoms with van der Waals surface area (Å²) < 4.78 is 0. The summed E-state index contributed by atoms with van der Waals surface area (Å²) >= 11 is 0. The second kappa shape index (κ2) is 6.11. The Kier molecular flexibility index (Phi) is 5.45. The summed E-state index contributed by atoms with van der Waals surface area (Å²) in [7, 11) is 0. The maximum atomic E-state index is 9.91. The van der Waals surface area contributed by atoms with Gasteiger partial charge in [-0.2, -0.15) is 0 Å². The van der Waals surface area contributed by atoms with Crippen molar-refractivity contribution in [1.82, 2.24) is 0 Å². The Bertz CT molecular complexity index is 470. The van der Waals surface area contributed by atoms with Gasteiger partial charge in [0, 0.05) is 12.5 Å². The van der Waals surface area contributed by atoms with E-state index in [1.807, 2.05) is 19.1 Å². The maximum absolute atomic E-state index is 9.91. The molecular formula is C15H20O3. The van der Waals surface area contributed by atoms with Crippen LogP contribution >= 0.6 is 0 Å². The lowest BCUT2D eigenvalue weighted by molar-refractivity contribution is -0.134. The molecule has 0 aliphatic heterocycles. The fourth-order valence-electron chi connectivity index (χ4n) is 1.46. The van der Waals surface area contributed by atoms with E-state index in [-0.39, 0.29) is 11.2 Å². The Balaban J connectivity index is 0.000000631. The third-order valence-corrected chi connectivity index (χ3v) is 2.22. The molecule has 0 radical (unpaired) electrons. The number of aromatic hydroxyl groups is 1. The Labute approximate surface area is 108 Å². The minimum absolute atomic E-state index is 0.0816. The third kappa shape index (κ3) is 4.92. The molecule has 0 aliphatic rings. The fourth-order valence-corrected chi connectivity index (χ4v) is 1.46. The van der Waals surface area contributed by atoms with E-state index < -0.39 is 5.97 Å². The summed E-state index contributed by atoms with van der Waals surface area (Å²) in [6.45, 7) is 9.24. The summed E-state index contributed by atoms with van der Waals surface area (Å²) in [4.78, 5) is 9.00. The van der Waals surface area contributed by atoms with E-state index >= 15 is 0 Å². The lowest BCUT2D eigenvalue weighted by atomic mass is 9.84. The number of carbonyl (C=O) groups is 1. The van der Waals surface area contributed by atoms with Crippen LogP contribution in [0.2, 0.25) is 0 Å². The molecule has 2 N–H and O–H groups in total. The number of phenols is 1. The van der Waals surface area contributed by atoms with Gasteiger partial charge in [0.25, 0.3) is 5.97 Å². The molecule has 18 heavy (non-hydrogen) atoms. The normalized spacial score (nSPS) is 10.0. The summed E-state index contributed by atoms with van der Waals surface area (Å²) in [6, 6.07) is 3.81. The van der Waals surface area contributed by atoms with Crippen LogP contribution in [0.5, 0.6) is 5.75 Å². The number of rotatable bonds is 0. The summed E-state index contributed by atoms with van der Waals surface area (Å²) in [5.41, 5.74) is 2.49. The van der Waals surface area contributed by atoms with Crippen LogP contribution in [0.3, 0.4) is 0 Å². The standard InChI is InChI=1S/C13H16O.C2H4O2/c1-6-10-7-9(2)8-11(12(10)14)13(3,4)5;1-2(3)4/h1,7-8,14H,2-5H3;1H3,(H,3,4). The molecule has 0 unspecified atom stereocenters. The van der Waals surface area contributed by atoms with Gasteiger partial charge in [-0.05, 0) is 24.0 Å². The first-order valence-corrected chi connectivity index (χ1v) is 5.59. The van der Waals surface area contributed by atoms with Crippen LogP contribution in [0, 0.1) is 19.3 Å². The fraction of sp³-hybridized carbons (Fsp3) is 0.400. The van der Waals surface area contributed by atoms with E-state index in [0.717, 1.165) is 18.1 Å². The van der Waals surface area contributed by atoms with E-state index in [2.05, 4.69) is 26.7 Å². The highest BCUT2D eigenvalue weighted by atomic mass is 16.4. The van der Waals surface area contributed by atoms with Gasteiger partial charge in [-0.25, -0.2) is 0 Å². The van der Waals surface area contributed by atoms with Crippen molar-refractivity contribution in [2.24, 2.45) is 0 Å². The molecule has 1 aromatic carbocycles. The van der Waals surface area contributed by atoms with Gasteiger partial charge in [0.2, 0.25) is 0 Å². The molecule has 98 valence electrons. The molecule has 0 aliphatic carbocycles. The Morgan fingerprint density at radius 1 is 1.33 bits per heavy atom. The van der Waals surface area contributed by atoms with Crippen LogP contribution in [-0.2, 0) is 10.2 Å². The summed E-state index contributed by atoms with van der Waals surface area (Å²) in [5.74, 6) is 1.91. The molecule has 1 rings (SSSR count). The van der Waals surface area contributed by atoms with Crippen molar-refractivity contribution in [2.75, 3.05) is 0 Å². The molecule has 0 aromatic heterocycles. The van der Waals surface area contributed by atoms with Crippen LogP contribution in [0.15, 0.2) is 12.1 Å². The van der Waals surface area contributed by atoms with E-state index in [0.29, 0.717) is 5.56 Å². The highest BCUT2D eigenvalue weighted by Crippen LogP contribution is 2.33. The lowest BCUT2D eigenvalue weighted by Crippen LogP contribution is -2.12. The van der Waals surface area contributed by atoms with Crippen molar-refractivity contribution in [3.8, 4) is 18.1 Å². The highest BCUT2D eigenvalue weighted by molar-refractivity contribution is 5.63. The maximum Gasteiger partial charge on any atom is 0.300 e. The molecule has 0 saturated heterocycles. The average molecular weight is 248 g/mol. The topological polar surface area (TPSA) is 57.5 Å². The van der Waals surface area contributed by atoms with Crippen molar-refractivity contribution < 1.29 is 15.0 Å². The van der Waals surface area contributed by atoms with Crippen LogP contribution < -0.4 is 0 Å². The monoisotopic (exact) mass is 248 g/mol.